The third-order valence-corrected chi connectivity index (χ3v) is 3.43. The average Bonchev–Trinajstić information content (AvgIpc) is 2.85. The van der Waals surface area contributed by atoms with E-state index in [0.29, 0.717) is 16.4 Å². The Balaban J connectivity index is 1.91. The van der Waals surface area contributed by atoms with Crippen molar-refractivity contribution < 1.29 is 0 Å². The molecule has 0 aliphatic rings. The smallest absolute Gasteiger partial charge is 0.341 e. The zero-order chi connectivity index (χ0) is 12.4. The molecular formula is C11H9N5OS. The first-order valence-corrected chi connectivity index (χ1v) is 6.26. The molecule has 3 aromatic rings. The van der Waals surface area contributed by atoms with Crippen molar-refractivity contribution in [2.45, 2.75) is 10.8 Å². The van der Waals surface area contributed by atoms with Gasteiger partial charge in [0.1, 0.15) is 10.5 Å². The number of fused-ring (bicyclic) bond motifs is 1. The van der Waals surface area contributed by atoms with E-state index in [9.17, 15) is 4.79 Å². The van der Waals surface area contributed by atoms with Gasteiger partial charge in [0.2, 0.25) is 0 Å². The molecule has 0 unspecified atom stereocenters. The molecule has 0 atom stereocenters. The van der Waals surface area contributed by atoms with E-state index >= 15 is 0 Å². The van der Waals surface area contributed by atoms with E-state index in [1.165, 1.54) is 18.1 Å². The van der Waals surface area contributed by atoms with Crippen LogP contribution < -0.4 is 5.69 Å². The molecule has 0 radical (unpaired) electrons. The van der Waals surface area contributed by atoms with Gasteiger partial charge >= 0.3 is 5.69 Å². The van der Waals surface area contributed by atoms with Gasteiger partial charge in [-0.1, -0.05) is 17.8 Å². The summed E-state index contributed by atoms with van der Waals surface area (Å²) in [6.45, 7) is 0. The topological polar surface area (TPSA) is 87.3 Å². The predicted octanol–water partition coefficient (Wildman–Crippen LogP) is 1.33. The minimum atomic E-state index is -0.386. The molecule has 7 heteroatoms. The van der Waals surface area contributed by atoms with Crippen molar-refractivity contribution in [2.24, 2.45) is 0 Å². The molecule has 0 spiro atoms. The SMILES string of the molecule is O=c1nc(SCc2cccnc2)c2[nH]cnc2[nH]1. The van der Waals surface area contributed by atoms with Crippen molar-refractivity contribution in [3.63, 3.8) is 0 Å². The second kappa shape index (κ2) is 4.61. The third-order valence-electron chi connectivity index (χ3n) is 2.38. The minimum absolute atomic E-state index is 0.386. The lowest BCUT2D eigenvalue weighted by Gasteiger charge is -2.01. The van der Waals surface area contributed by atoms with Gasteiger partial charge in [-0.2, -0.15) is 4.98 Å². The monoisotopic (exact) mass is 259 g/mol. The molecule has 3 heterocycles. The zero-order valence-corrected chi connectivity index (χ0v) is 10.1. The fraction of sp³-hybridized carbons (Fsp3) is 0.0909. The zero-order valence-electron chi connectivity index (χ0n) is 9.25. The number of thioether (sulfide) groups is 1. The third kappa shape index (κ3) is 2.12. The van der Waals surface area contributed by atoms with Gasteiger partial charge in [-0.15, -0.1) is 0 Å². The molecule has 90 valence electrons. The number of rotatable bonds is 3. The Kier molecular flexibility index (Phi) is 2.81. The lowest BCUT2D eigenvalue weighted by molar-refractivity contribution is 1.01. The van der Waals surface area contributed by atoms with Gasteiger partial charge < -0.3 is 4.98 Å². The normalized spacial score (nSPS) is 10.9. The summed E-state index contributed by atoms with van der Waals surface area (Å²) in [5, 5.41) is 0.648. The van der Waals surface area contributed by atoms with Crippen molar-refractivity contribution in [1.29, 1.82) is 0 Å². The standard InChI is InChI=1S/C11H9N5OS/c17-11-15-9-8(13-6-14-9)10(16-11)18-5-7-2-1-3-12-4-7/h1-4,6H,5H2,(H2,13,14,15,16,17). The molecule has 0 saturated heterocycles. The highest BCUT2D eigenvalue weighted by Crippen LogP contribution is 2.24. The maximum absolute atomic E-state index is 11.4. The number of nitrogens with one attached hydrogen (secondary N) is 2. The van der Waals surface area contributed by atoms with Crippen LogP contribution in [0.3, 0.4) is 0 Å². The van der Waals surface area contributed by atoms with Crippen LogP contribution in [0.15, 0.2) is 40.7 Å². The van der Waals surface area contributed by atoms with Crippen LogP contribution in [-0.2, 0) is 5.75 Å². The number of aromatic amines is 2. The Labute approximate surface area is 106 Å². The van der Waals surface area contributed by atoms with Crippen LogP contribution in [0.5, 0.6) is 0 Å². The molecule has 3 aromatic heterocycles. The van der Waals surface area contributed by atoms with E-state index in [1.54, 1.807) is 12.4 Å². The van der Waals surface area contributed by atoms with Crippen molar-refractivity contribution in [3.05, 3.63) is 46.9 Å². The Hall–Kier alpha value is -2.15. The highest BCUT2D eigenvalue weighted by molar-refractivity contribution is 7.98. The Morgan fingerprint density at radius 2 is 2.33 bits per heavy atom. The highest BCUT2D eigenvalue weighted by Gasteiger charge is 2.08. The summed E-state index contributed by atoms with van der Waals surface area (Å²) < 4.78 is 0. The fourth-order valence-electron chi connectivity index (χ4n) is 1.57. The van der Waals surface area contributed by atoms with Gasteiger partial charge in [-0.25, -0.2) is 9.78 Å². The second-order valence-electron chi connectivity index (χ2n) is 3.62. The van der Waals surface area contributed by atoms with Crippen LogP contribution in [0.4, 0.5) is 0 Å². The molecule has 0 aliphatic carbocycles. The molecule has 0 aliphatic heterocycles. The average molecular weight is 259 g/mol. The molecular weight excluding hydrogens is 250 g/mol. The number of hydrogen-bond acceptors (Lipinski definition) is 5. The van der Waals surface area contributed by atoms with Gasteiger partial charge in [0.05, 0.1) is 6.33 Å². The summed E-state index contributed by atoms with van der Waals surface area (Å²) in [4.78, 5) is 28.9. The molecule has 0 aromatic carbocycles. The van der Waals surface area contributed by atoms with E-state index in [0.717, 1.165) is 11.1 Å². The van der Waals surface area contributed by atoms with E-state index in [4.69, 9.17) is 0 Å². The molecule has 18 heavy (non-hydrogen) atoms. The minimum Gasteiger partial charge on any atom is -0.341 e. The molecule has 0 bridgehead atoms. The van der Waals surface area contributed by atoms with E-state index in [-0.39, 0.29) is 5.69 Å². The quantitative estimate of drug-likeness (QED) is 0.547. The number of pyridine rings is 1. The van der Waals surface area contributed by atoms with Gasteiger partial charge in [0, 0.05) is 18.1 Å². The summed E-state index contributed by atoms with van der Waals surface area (Å²) in [6.07, 6.45) is 5.06. The maximum atomic E-state index is 11.4. The lowest BCUT2D eigenvalue weighted by atomic mass is 10.3. The second-order valence-corrected chi connectivity index (χ2v) is 4.59. The van der Waals surface area contributed by atoms with Crippen molar-refractivity contribution >= 4 is 22.9 Å². The van der Waals surface area contributed by atoms with Crippen LogP contribution in [-0.4, -0.2) is 24.9 Å². The van der Waals surface area contributed by atoms with Crippen molar-refractivity contribution in [1.82, 2.24) is 24.9 Å². The summed E-state index contributed by atoms with van der Waals surface area (Å²) in [7, 11) is 0. The largest absolute Gasteiger partial charge is 0.347 e. The summed E-state index contributed by atoms with van der Waals surface area (Å²) in [5.41, 5.74) is 1.98. The first kappa shape index (κ1) is 11.0. The number of hydrogen-bond donors (Lipinski definition) is 2. The van der Waals surface area contributed by atoms with Gasteiger partial charge in [0.15, 0.2) is 5.65 Å². The Bertz CT molecular complexity index is 721. The fourth-order valence-corrected chi connectivity index (χ4v) is 2.49. The first-order chi connectivity index (χ1) is 8.83. The summed E-state index contributed by atoms with van der Waals surface area (Å²) in [6, 6.07) is 3.87. The van der Waals surface area contributed by atoms with Crippen LogP contribution >= 0.6 is 11.8 Å². The van der Waals surface area contributed by atoms with Crippen LogP contribution in [0.2, 0.25) is 0 Å². The van der Waals surface area contributed by atoms with Crippen molar-refractivity contribution in [3.8, 4) is 0 Å². The van der Waals surface area contributed by atoms with E-state index in [1.807, 2.05) is 12.1 Å². The number of aromatic nitrogens is 5. The molecule has 0 amide bonds. The van der Waals surface area contributed by atoms with Gasteiger partial charge in [0.25, 0.3) is 0 Å². The molecule has 0 saturated carbocycles. The first-order valence-electron chi connectivity index (χ1n) is 5.28. The van der Waals surface area contributed by atoms with E-state index in [2.05, 4.69) is 24.9 Å². The van der Waals surface area contributed by atoms with Gasteiger partial charge in [-0.3, -0.25) is 9.97 Å². The van der Waals surface area contributed by atoms with Crippen LogP contribution in [0.1, 0.15) is 5.56 Å². The highest BCUT2D eigenvalue weighted by atomic mass is 32.2. The Morgan fingerprint density at radius 1 is 1.39 bits per heavy atom. The number of nitrogens with zero attached hydrogens (tertiary/aromatic N) is 3. The predicted molar refractivity (Wildman–Crippen MR) is 68.3 cm³/mol. The van der Waals surface area contributed by atoms with Crippen molar-refractivity contribution in [2.75, 3.05) is 0 Å². The molecule has 6 nitrogen and oxygen atoms in total. The van der Waals surface area contributed by atoms with E-state index < -0.39 is 0 Å². The summed E-state index contributed by atoms with van der Waals surface area (Å²) in [5.74, 6) is 0.707. The Morgan fingerprint density at radius 3 is 3.17 bits per heavy atom. The maximum Gasteiger partial charge on any atom is 0.347 e. The molecule has 3 rings (SSSR count). The molecule has 2 N–H and O–H groups in total. The van der Waals surface area contributed by atoms with Crippen LogP contribution in [0, 0.1) is 0 Å². The summed E-state index contributed by atoms with van der Waals surface area (Å²) >= 11 is 1.48. The van der Waals surface area contributed by atoms with Crippen LogP contribution in [0.25, 0.3) is 11.2 Å². The van der Waals surface area contributed by atoms with Gasteiger partial charge in [-0.05, 0) is 11.6 Å². The molecule has 0 fully saturated rings. The number of H-pyrrole nitrogens is 2. The number of imidazole rings is 1. The lowest BCUT2D eigenvalue weighted by Crippen LogP contribution is -2.10.